The molecule has 1 fully saturated rings. The summed E-state index contributed by atoms with van der Waals surface area (Å²) in [5.41, 5.74) is 1.20. The number of benzene rings is 1. The van der Waals surface area contributed by atoms with Gasteiger partial charge in [0.05, 0.1) is 19.8 Å². The summed E-state index contributed by atoms with van der Waals surface area (Å²) < 4.78 is 16.3. The van der Waals surface area contributed by atoms with Gasteiger partial charge >= 0.3 is 0 Å². The Labute approximate surface area is 96.3 Å². The standard InChI is InChI=1S/C13H18O3/c1-14-13-12(7-8-16-13)10-15-9-11-5-3-2-4-6-11/h2-6,12-13H,7-10H2,1H3. The maximum absolute atomic E-state index is 5.68. The van der Waals surface area contributed by atoms with Crippen LogP contribution in [0.15, 0.2) is 30.3 Å². The highest BCUT2D eigenvalue weighted by atomic mass is 16.7. The van der Waals surface area contributed by atoms with E-state index in [-0.39, 0.29) is 6.29 Å². The highest BCUT2D eigenvalue weighted by Crippen LogP contribution is 2.21. The fourth-order valence-electron chi connectivity index (χ4n) is 1.93. The molecule has 1 aromatic carbocycles. The second-order valence-electron chi connectivity index (χ2n) is 4.02. The molecule has 0 spiro atoms. The van der Waals surface area contributed by atoms with Crippen LogP contribution in [-0.4, -0.2) is 26.6 Å². The molecule has 1 saturated heterocycles. The van der Waals surface area contributed by atoms with E-state index in [2.05, 4.69) is 12.1 Å². The van der Waals surface area contributed by atoms with Crippen molar-refractivity contribution in [1.29, 1.82) is 0 Å². The zero-order chi connectivity index (χ0) is 11.2. The number of rotatable bonds is 5. The summed E-state index contributed by atoms with van der Waals surface area (Å²) in [5, 5.41) is 0. The maximum atomic E-state index is 5.68. The molecule has 0 aliphatic carbocycles. The summed E-state index contributed by atoms with van der Waals surface area (Å²) in [6.07, 6.45) is 0.934. The SMILES string of the molecule is COC1OCCC1COCc1ccccc1. The fourth-order valence-corrected chi connectivity index (χ4v) is 1.93. The summed E-state index contributed by atoms with van der Waals surface area (Å²) in [4.78, 5) is 0. The van der Waals surface area contributed by atoms with Gasteiger partial charge in [0.15, 0.2) is 6.29 Å². The van der Waals surface area contributed by atoms with E-state index in [0.717, 1.165) is 13.0 Å². The largest absolute Gasteiger partial charge is 0.376 e. The molecular weight excluding hydrogens is 204 g/mol. The van der Waals surface area contributed by atoms with Gasteiger partial charge in [-0.2, -0.15) is 0 Å². The van der Waals surface area contributed by atoms with Gasteiger partial charge in [-0.1, -0.05) is 30.3 Å². The van der Waals surface area contributed by atoms with Crippen molar-refractivity contribution < 1.29 is 14.2 Å². The van der Waals surface area contributed by atoms with Crippen molar-refractivity contribution in [3.05, 3.63) is 35.9 Å². The molecule has 3 heteroatoms. The zero-order valence-corrected chi connectivity index (χ0v) is 9.59. The molecule has 0 aromatic heterocycles. The first-order valence-corrected chi connectivity index (χ1v) is 5.66. The molecular formula is C13H18O3. The molecule has 3 nitrogen and oxygen atoms in total. The van der Waals surface area contributed by atoms with Crippen LogP contribution in [0.4, 0.5) is 0 Å². The van der Waals surface area contributed by atoms with Gasteiger partial charge in [0.1, 0.15) is 0 Å². The Morgan fingerprint density at radius 3 is 2.88 bits per heavy atom. The quantitative estimate of drug-likeness (QED) is 0.764. The van der Waals surface area contributed by atoms with Crippen LogP contribution in [0.5, 0.6) is 0 Å². The monoisotopic (exact) mass is 222 g/mol. The van der Waals surface area contributed by atoms with Crippen LogP contribution in [0, 0.1) is 5.92 Å². The van der Waals surface area contributed by atoms with E-state index in [1.54, 1.807) is 7.11 Å². The average molecular weight is 222 g/mol. The van der Waals surface area contributed by atoms with E-state index in [9.17, 15) is 0 Å². The molecule has 0 amide bonds. The van der Waals surface area contributed by atoms with Crippen molar-refractivity contribution in [2.75, 3.05) is 20.3 Å². The predicted molar refractivity (Wildman–Crippen MR) is 61.0 cm³/mol. The van der Waals surface area contributed by atoms with Gasteiger partial charge in [-0.3, -0.25) is 0 Å². The minimum absolute atomic E-state index is 0.0872. The molecule has 16 heavy (non-hydrogen) atoms. The Bertz CT molecular complexity index is 299. The van der Waals surface area contributed by atoms with Gasteiger partial charge in [0.2, 0.25) is 0 Å². The van der Waals surface area contributed by atoms with Gasteiger partial charge < -0.3 is 14.2 Å². The van der Waals surface area contributed by atoms with Crippen LogP contribution in [-0.2, 0) is 20.8 Å². The molecule has 1 aromatic rings. The first kappa shape index (κ1) is 11.6. The Morgan fingerprint density at radius 2 is 2.12 bits per heavy atom. The molecule has 1 heterocycles. The van der Waals surface area contributed by atoms with Crippen molar-refractivity contribution in [2.45, 2.75) is 19.3 Å². The summed E-state index contributed by atoms with van der Waals surface area (Å²) in [7, 11) is 1.68. The van der Waals surface area contributed by atoms with Gasteiger partial charge in [-0.05, 0) is 12.0 Å². The van der Waals surface area contributed by atoms with Crippen LogP contribution in [0.3, 0.4) is 0 Å². The van der Waals surface area contributed by atoms with Crippen LogP contribution >= 0.6 is 0 Å². The maximum Gasteiger partial charge on any atom is 0.162 e. The van der Waals surface area contributed by atoms with E-state index in [1.807, 2.05) is 18.2 Å². The number of methoxy groups -OCH3 is 1. The normalized spacial score (nSPS) is 24.8. The Balaban J connectivity index is 1.72. The lowest BCUT2D eigenvalue weighted by atomic mass is 10.1. The molecule has 0 bridgehead atoms. The predicted octanol–water partition coefficient (Wildman–Crippen LogP) is 2.21. The number of hydrogen-bond acceptors (Lipinski definition) is 3. The number of hydrogen-bond donors (Lipinski definition) is 0. The van der Waals surface area contributed by atoms with Crippen LogP contribution in [0.25, 0.3) is 0 Å². The van der Waals surface area contributed by atoms with E-state index >= 15 is 0 Å². The van der Waals surface area contributed by atoms with E-state index in [4.69, 9.17) is 14.2 Å². The minimum atomic E-state index is -0.0872. The highest BCUT2D eigenvalue weighted by molar-refractivity contribution is 5.13. The van der Waals surface area contributed by atoms with Crippen molar-refractivity contribution in [3.63, 3.8) is 0 Å². The highest BCUT2D eigenvalue weighted by Gasteiger charge is 2.27. The summed E-state index contributed by atoms with van der Waals surface area (Å²) in [6.45, 7) is 2.14. The first-order valence-electron chi connectivity index (χ1n) is 5.66. The molecule has 0 N–H and O–H groups in total. The van der Waals surface area contributed by atoms with Crippen molar-refractivity contribution >= 4 is 0 Å². The van der Waals surface area contributed by atoms with Crippen molar-refractivity contribution in [1.82, 2.24) is 0 Å². The van der Waals surface area contributed by atoms with Gasteiger partial charge in [0, 0.05) is 13.0 Å². The minimum Gasteiger partial charge on any atom is -0.376 e. The fraction of sp³-hybridized carbons (Fsp3) is 0.538. The van der Waals surface area contributed by atoms with Crippen LogP contribution in [0.1, 0.15) is 12.0 Å². The Kier molecular flexibility index (Phi) is 4.34. The summed E-state index contributed by atoms with van der Waals surface area (Å²) in [5.74, 6) is 0.369. The Hall–Kier alpha value is -0.900. The lowest BCUT2D eigenvalue weighted by Crippen LogP contribution is -2.22. The molecule has 0 radical (unpaired) electrons. The molecule has 88 valence electrons. The second kappa shape index (κ2) is 5.99. The van der Waals surface area contributed by atoms with E-state index in [0.29, 0.717) is 19.1 Å². The topological polar surface area (TPSA) is 27.7 Å². The zero-order valence-electron chi connectivity index (χ0n) is 9.59. The lowest BCUT2D eigenvalue weighted by Gasteiger charge is -2.16. The molecule has 1 aliphatic heterocycles. The Morgan fingerprint density at radius 1 is 1.31 bits per heavy atom. The van der Waals surface area contributed by atoms with Gasteiger partial charge in [0.25, 0.3) is 0 Å². The smallest absolute Gasteiger partial charge is 0.162 e. The summed E-state index contributed by atoms with van der Waals surface area (Å²) in [6, 6.07) is 10.2. The van der Waals surface area contributed by atoms with Gasteiger partial charge in [-0.25, -0.2) is 0 Å². The van der Waals surface area contributed by atoms with Crippen molar-refractivity contribution in [3.8, 4) is 0 Å². The second-order valence-corrected chi connectivity index (χ2v) is 4.02. The first-order chi connectivity index (χ1) is 7.90. The molecule has 2 unspecified atom stereocenters. The van der Waals surface area contributed by atoms with Crippen LogP contribution in [0.2, 0.25) is 0 Å². The third-order valence-electron chi connectivity index (χ3n) is 2.83. The molecule has 1 aliphatic rings. The third-order valence-corrected chi connectivity index (χ3v) is 2.83. The third kappa shape index (κ3) is 3.04. The van der Waals surface area contributed by atoms with E-state index in [1.165, 1.54) is 5.56 Å². The average Bonchev–Trinajstić information content (AvgIpc) is 2.78. The number of ether oxygens (including phenoxy) is 3. The van der Waals surface area contributed by atoms with Crippen LogP contribution < -0.4 is 0 Å². The van der Waals surface area contributed by atoms with Crippen molar-refractivity contribution in [2.24, 2.45) is 5.92 Å². The molecule has 2 atom stereocenters. The van der Waals surface area contributed by atoms with E-state index < -0.39 is 0 Å². The van der Waals surface area contributed by atoms with Gasteiger partial charge in [-0.15, -0.1) is 0 Å². The molecule has 2 rings (SSSR count). The molecule has 0 saturated carbocycles. The summed E-state index contributed by atoms with van der Waals surface area (Å²) >= 11 is 0. The lowest BCUT2D eigenvalue weighted by molar-refractivity contribution is -0.122.